The molecule has 96 valence electrons. The van der Waals surface area contributed by atoms with Gasteiger partial charge in [0.1, 0.15) is 0 Å². The third kappa shape index (κ3) is 3.97. The Morgan fingerprint density at radius 2 is 1.89 bits per heavy atom. The lowest BCUT2D eigenvalue weighted by Crippen LogP contribution is -2.15. The van der Waals surface area contributed by atoms with Crippen LogP contribution in [0.3, 0.4) is 0 Å². The Bertz CT molecular complexity index is 454. The third-order valence-corrected chi connectivity index (χ3v) is 2.13. The molecule has 1 aromatic rings. The summed E-state index contributed by atoms with van der Waals surface area (Å²) in [5.41, 5.74) is 1.01. The predicted octanol–water partition coefficient (Wildman–Crippen LogP) is 2.34. The van der Waals surface area contributed by atoms with E-state index in [9.17, 15) is 9.59 Å². The van der Waals surface area contributed by atoms with E-state index in [0.29, 0.717) is 17.9 Å². The Morgan fingerprint density at radius 3 is 2.39 bits per heavy atom. The first-order valence-corrected chi connectivity index (χ1v) is 5.47. The van der Waals surface area contributed by atoms with E-state index in [1.54, 1.807) is 31.2 Å². The molecule has 0 heterocycles. The number of hydrogen-bond donors (Lipinski definition) is 0. The number of rotatable bonds is 4. The van der Waals surface area contributed by atoms with Crippen molar-refractivity contribution in [2.75, 3.05) is 13.7 Å². The summed E-state index contributed by atoms with van der Waals surface area (Å²) in [6, 6.07) is 6.45. The standard InChI is InChI=1S/C12H15N3O3/c1-4-18-12(17)10-5-7-11(8-6-10)13-14-15(3)9(2)16/h5-8H,4H2,1-3H3. The molecule has 6 heteroatoms. The SMILES string of the molecule is CCOC(=O)c1ccc(N=NN(C)C(C)=O)cc1. The average Bonchev–Trinajstić information content (AvgIpc) is 2.36. The number of esters is 1. The quantitative estimate of drug-likeness (QED) is 0.467. The molecule has 0 saturated carbocycles. The first-order valence-electron chi connectivity index (χ1n) is 5.47. The number of benzene rings is 1. The molecule has 1 amide bonds. The predicted molar refractivity (Wildman–Crippen MR) is 65.4 cm³/mol. The van der Waals surface area contributed by atoms with Gasteiger partial charge in [0.15, 0.2) is 0 Å². The Morgan fingerprint density at radius 1 is 1.28 bits per heavy atom. The zero-order valence-electron chi connectivity index (χ0n) is 10.6. The summed E-state index contributed by atoms with van der Waals surface area (Å²) in [6.07, 6.45) is 0. The molecule has 1 aromatic carbocycles. The highest BCUT2D eigenvalue weighted by Crippen LogP contribution is 2.14. The maximum atomic E-state index is 11.4. The van der Waals surface area contributed by atoms with E-state index in [2.05, 4.69) is 10.3 Å². The van der Waals surface area contributed by atoms with Crippen LogP contribution in [0.15, 0.2) is 34.6 Å². The smallest absolute Gasteiger partial charge is 0.338 e. The molecule has 0 aliphatic carbocycles. The van der Waals surface area contributed by atoms with E-state index in [0.717, 1.165) is 5.01 Å². The van der Waals surface area contributed by atoms with Crippen LogP contribution in [0, 0.1) is 0 Å². The Balaban J connectivity index is 2.71. The third-order valence-electron chi connectivity index (χ3n) is 2.13. The number of carbonyl (C=O) groups excluding carboxylic acids is 2. The topological polar surface area (TPSA) is 71.3 Å². The largest absolute Gasteiger partial charge is 0.462 e. The number of nitrogens with zero attached hydrogens (tertiary/aromatic N) is 3. The van der Waals surface area contributed by atoms with Crippen LogP contribution in [-0.2, 0) is 9.53 Å². The molecule has 0 bridgehead atoms. The van der Waals surface area contributed by atoms with Crippen LogP contribution in [0.5, 0.6) is 0 Å². The second kappa shape index (κ2) is 6.48. The van der Waals surface area contributed by atoms with Crippen LogP contribution >= 0.6 is 0 Å². The van der Waals surface area contributed by atoms with E-state index >= 15 is 0 Å². The second-order valence-electron chi connectivity index (χ2n) is 3.50. The van der Waals surface area contributed by atoms with Crippen molar-refractivity contribution in [2.45, 2.75) is 13.8 Å². The molecule has 18 heavy (non-hydrogen) atoms. The summed E-state index contributed by atoms with van der Waals surface area (Å²) in [6.45, 7) is 3.48. The lowest BCUT2D eigenvalue weighted by atomic mass is 10.2. The van der Waals surface area contributed by atoms with Gasteiger partial charge in [-0.1, -0.05) is 5.22 Å². The normalized spacial score (nSPS) is 10.4. The van der Waals surface area contributed by atoms with Gasteiger partial charge in [0.05, 0.1) is 17.9 Å². The van der Waals surface area contributed by atoms with Gasteiger partial charge in [0, 0.05) is 14.0 Å². The van der Waals surface area contributed by atoms with Crippen molar-refractivity contribution in [1.29, 1.82) is 0 Å². The fraction of sp³-hybridized carbons (Fsp3) is 0.333. The lowest BCUT2D eigenvalue weighted by Gasteiger charge is -2.04. The van der Waals surface area contributed by atoms with E-state index in [1.165, 1.54) is 14.0 Å². The zero-order chi connectivity index (χ0) is 13.5. The zero-order valence-corrected chi connectivity index (χ0v) is 10.6. The maximum absolute atomic E-state index is 11.4. The minimum absolute atomic E-state index is 0.207. The van der Waals surface area contributed by atoms with Crippen LogP contribution in [-0.4, -0.2) is 30.5 Å². The molecule has 0 atom stereocenters. The monoisotopic (exact) mass is 249 g/mol. The summed E-state index contributed by atoms with van der Waals surface area (Å²) in [5, 5.41) is 8.67. The summed E-state index contributed by atoms with van der Waals surface area (Å²) in [7, 11) is 1.51. The van der Waals surface area contributed by atoms with Gasteiger partial charge in [0.25, 0.3) is 0 Å². The summed E-state index contributed by atoms with van der Waals surface area (Å²) >= 11 is 0. The van der Waals surface area contributed by atoms with Crippen LogP contribution in [0.2, 0.25) is 0 Å². The van der Waals surface area contributed by atoms with Gasteiger partial charge in [-0.05, 0) is 31.2 Å². The summed E-state index contributed by atoms with van der Waals surface area (Å²) in [5.74, 6) is -0.580. The van der Waals surface area contributed by atoms with E-state index in [-0.39, 0.29) is 11.9 Å². The molecule has 1 rings (SSSR count). The molecule has 0 radical (unpaired) electrons. The molecule has 6 nitrogen and oxygen atoms in total. The lowest BCUT2D eigenvalue weighted by molar-refractivity contribution is -0.127. The van der Waals surface area contributed by atoms with Gasteiger partial charge in [-0.2, -0.15) is 0 Å². The van der Waals surface area contributed by atoms with Crippen molar-refractivity contribution >= 4 is 17.6 Å². The fourth-order valence-electron chi connectivity index (χ4n) is 1.06. The Labute approximate surface area is 105 Å². The van der Waals surface area contributed by atoms with Gasteiger partial charge in [0.2, 0.25) is 5.91 Å². The van der Waals surface area contributed by atoms with Crippen molar-refractivity contribution in [3.05, 3.63) is 29.8 Å². The molecule has 0 fully saturated rings. The molecular weight excluding hydrogens is 234 g/mol. The molecule has 0 saturated heterocycles. The fourth-order valence-corrected chi connectivity index (χ4v) is 1.06. The minimum Gasteiger partial charge on any atom is -0.462 e. The minimum atomic E-state index is -0.373. The highest BCUT2D eigenvalue weighted by molar-refractivity contribution is 5.89. The average molecular weight is 249 g/mol. The Kier molecular flexibility index (Phi) is 4.98. The number of hydrogen-bond acceptors (Lipinski definition) is 5. The molecular formula is C12H15N3O3. The molecule has 0 spiro atoms. The maximum Gasteiger partial charge on any atom is 0.338 e. The van der Waals surface area contributed by atoms with Crippen LogP contribution in [0.25, 0.3) is 0 Å². The van der Waals surface area contributed by atoms with Crippen molar-refractivity contribution < 1.29 is 14.3 Å². The van der Waals surface area contributed by atoms with Crippen molar-refractivity contribution in [1.82, 2.24) is 5.01 Å². The van der Waals surface area contributed by atoms with E-state index < -0.39 is 0 Å². The van der Waals surface area contributed by atoms with Crippen LogP contribution in [0.4, 0.5) is 5.69 Å². The highest BCUT2D eigenvalue weighted by Gasteiger charge is 2.05. The number of amides is 1. The van der Waals surface area contributed by atoms with Gasteiger partial charge in [-0.25, -0.2) is 9.80 Å². The molecule has 0 unspecified atom stereocenters. The number of carbonyl (C=O) groups is 2. The highest BCUT2D eigenvalue weighted by atomic mass is 16.5. The van der Waals surface area contributed by atoms with Crippen molar-refractivity contribution in [3.8, 4) is 0 Å². The van der Waals surface area contributed by atoms with Crippen molar-refractivity contribution in [3.63, 3.8) is 0 Å². The Hall–Kier alpha value is -2.24. The van der Waals surface area contributed by atoms with E-state index in [1.807, 2.05) is 0 Å². The molecule has 0 aliphatic rings. The first-order chi connectivity index (χ1) is 8.54. The second-order valence-corrected chi connectivity index (χ2v) is 3.50. The summed E-state index contributed by atoms with van der Waals surface area (Å²) in [4.78, 5) is 22.3. The molecule has 0 aliphatic heterocycles. The van der Waals surface area contributed by atoms with Gasteiger partial charge >= 0.3 is 5.97 Å². The molecule has 0 N–H and O–H groups in total. The van der Waals surface area contributed by atoms with Gasteiger partial charge < -0.3 is 4.74 Å². The van der Waals surface area contributed by atoms with Gasteiger partial charge in [-0.15, -0.1) is 5.11 Å². The van der Waals surface area contributed by atoms with Crippen LogP contribution in [0.1, 0.15) is 24.2 Å². The first kappa shape index (κ1) is 13.8. The number of ether oxygens (including phenoxy) is 1. The van der Waals surface area contributed by atoms with E-state index in [4.69, 9.17) is 4.74 Å². The van der Waals surface area contributed by atoms with Crippen LogP contribution < -0.4 is 0 Å². The van der Waals surface area contributed by atoms with Gasteiger partial charge in [-0.3, -0.25) is 4.79 Å². The summed E-state index contributed by atoms with van der Waals surface area (Å²) < 4.78 is 4.85. The molecule has 0 aromatic heterocycles. The van der Waals surface area contributed by atoms with Crippen molar-refractivity contribution in [2.24, 2.45) is 10.3 Å².